The summed E-state index contributed by atoms with van der Waals surface area (Å²) in [7, 11) is 0. The maximum absolute atomic E-state index is 11.0. The first-order valence-corrected chi connectivity index (χ1v) is 6.77. The molecule has 0 aliphatic carbocycles. The number of H-pyrrole nitrogens is 1. The first-order chi connectivity index (χ1) is 8.79. The van der Waals surface area contributed by atoms with E-state index in [0.717, 1.165) is 24.0 Å². The Morgan fingerprint density at radius 3 is 2.83 bits per heavy atom. The molecule has 0 saturated carbocycles. The van der Waals surface area contributed by atoms with Crippen LogP contribution in [-0.2, 0) is 6.42 Å². The van der Waals surface area contributed by atoms with Gasteiger partial charge in [-0.2, -0.15) is 0 Å². The molecule has 0 saturated heterocycles. The molecule has 0 radical (unpaired) electrons. The Morgan fingerprint density at radius 1 is 1.22 bits per heavy atom. The van der Waals surface area contributed by atoms with E-state index in [0.29, 0.717) is 5.71 Å². The largest absolute Gasteiger partial charge is 0.445 e. The molecule has 0 aliphatic heterocycles. The second-order valence-corrected chi connectivity index (χ2v) is 4.70. The molecular weight excluding hydrogens is 228 g/mol. The van der Waals surface area contributed by atoms with E-state index in [1.807, 2.05) is 6.07 Å². The molecule has 2 aromatic heterocycles. The first kappa shape index (κ1) is 12.9. The van der Waals surface area contributed by atoms with E-state index < -0.39 is 0 Å². The summed E-state index contributed by atoms with van der Waals surface area (Å²) in [6.07, 6.45) is 10.1. The highest BCUT2D eigenvalue weighted by Gasteiger charge is 2.04. The SMILES string of the molecule is CCCCCCCCc1cc2cnc(=O)[nH]c2o1. The summed E-state index contributed by atoms with van der Waals surface area (Å²) in [5, 5.41) is 0.871. The minimum atomic E-state index is -0.358. The second-order valence-electron chi connectivity index (χ2n) is 4.70. The van der Waals surface area contributed by atoms with Crippen LogP contribution in [0.1, 0.15) is 51.2 Å². The lowest BCUT2D eigenvalue weighted by Crippen LogP contribution is -2.07. The summed E-state index contributed by atoms with van der Waals surface area (Å²) in [6, 6.07) is 1.96. The van der Waals surface area contributed by atoms with Gasteiger partial charge in [0.25, 0.3) is 0 Å². The van der Waals surface area contributed by atoms with Crippen molar-refractivity contribution in [1.29, 1.82) is 0 Å². The molecule has 0 spiro atoms. The number of hydrogen-bond donors (Lipinski definition) is 1. The summed E-state index contributed by atoms with van der Waals surface area (Å²) in [4.78, 5) is 17.3. The van der Waals surface area contributed by atoms with E-state index >= 15 is 0 Å². The van der Waals surface area contributed by atoms with E-state index in [1.165, 1.54) is 32.1 Å². The summed E-state index contributed by atoms with van der Waals surface area (Å²) < 4.78 is 5.58. The van der Waals surface area contributed by atoms with Crippen LogP contribution in [0.2, 0.25) is 0 Å². The molecule has 2 aromatic rings. The third-order valence-electron chi connectivity index (χ3n) is 3.13. The van der Waals surface area contributed by atoms with Gasteiger partial charge >= 0.3 is 5.69 Å². The zero-order valence-corrected chi connectivity index (χ0v) is 10.9. The number of nitrogens with one attached hydrogen (secondary N) is 1. The number of unbranched alkanes of at least 4 members (excludes halogenated alkanes) is 5. The first-order valence-electron chi connectivity index (χ1n) is 6.77. The van der Waals surface area contributed by atoms with E-state index in [9.17, 15) is 4.79 Å². The van der Waals surface area contributed by atoms with Crippen molar-refractivity contribution in [2.75, 3.05) is 0 Å². The number of rotatable bonds is 7. The van der Waals surface area contributed by atoms with Crippen molar-refractivity contribution in [1.82, 2.24) is 9.97 Å². The highest BCUT2D eigenvalue weighted by molar-refractivity contribution is 5.72. The van der Waals surface area contributed by atoms with Gasteiger partial charge in [-0.1, -0.05) is 39.0 Å². The van der Waals surface area contributed by atoms with Gasteiger partial charge in [0.05, 0.1) is 5.39 Å². The Kier molecular flexibility index (Phi) is 4.56. The average Bonchev–Trinajstić information content (AvgIpc) is 2.75. The van der Waals surface area contributed by atoms with Crippen molar-refractivity contribution in [3.05, 3.63) is 28.5 Å². The monoisotopic (exact) mass is 248 g/mol. The number of hydrogen-bond acceptors (Lipinski definition) is 3. The van der Waals surface area contributed by atoms with Crippen LogP contribution in [0.25, 0.3) is 11.1 Å². The quantitative estimate of drug-likeness (QED) is 0.764. The van der Waals surface area contributed by atoms with Crippen molar-refractivity contribution in [2.45, 2.75) is 51.9 Å². The minimum absolute atomic E-state index is 0.358. The summed E-state index contributed by atoms with van der Waals surface area (Å²) >= 11 is 0. The average molecular weight is 248 g/mol. The van der Waals surface area contributed by atoms with Crippen LogP contribution in [0.4, 0.5) is 0 Å². The van der Waals surface area contributed by atoms with E-state index in [1.54, 1.807) is 6.20 Å². The molecule has 98 valence electrons. The predicted octanol–water partition coefficient (Wildman–Crippen LogP) is 3.42. The van der Waals surface area contributed by atoms with Gasteiger partial charge in [0, 0.05) is 12.6 Å². The fourth-order valence-corrected chi connectivity index (χ4v) is 2.11. The van der Waals surface area contributed by atoms with E-state index in [4.69, 9.17) is 4.42 Å². The maximum atomic E-state index is 11.0. The highest BCUT2D eigenvalue weighted by Crippen LogP contribution is 2.17. The standard InChI is InChI=1S/C14H20N2O2/c1-2-3-4-5-6-7-8-12-9-11-10-15-14(17)16-13(11)18-12/h9-10H,2-8H2,1H3,(H,15,16,17). The van der Waals surface area contributed by atoms with Crippen molar-refractivity contribution in [3.63, 3.8) is 0 Å². The van der Waals surface area contributed by atoms with Crippen LogP contribution in [0.15, 0.2) is 21.5 Å². The molecule has 0 aliphatic rings. The summed E-state index contributed by atoms with van der Waals surface area (Å²) in [6.45, 7) is 2.23. The van der Waals surface area contributed by atoms with Crippen LogP contribution in [0.3, 0.4) is 0 Å². The predicted molar refractivity (Wildman–Crippen MR) is 71.7 cm³/mol. The molecule has 4 heteroatoms. The van der Waals surface area contributed by atoms with Gasteiger partial charge < -0.3 is 4.42 Å². The molecular formula is C14H20N2O2. The topological polar surface area (TPSA) is 58.9 Å². The Morgan fingerprint density at radius 2 is 2.00 bits per heavy atom. The summed E-state index contributed by atoms with van der Waals surface area (Å²) in [5.74, 6) is 0.934. The highest BCUT2D eigenvalue weighted by atomic mass is 16.3. The lowest BCUT2D eigenvalue weighted by atomic mass is 10.1. The Hall–Kier alpha value is -1.58. The molecule has 2 heterocycles. The van der Waals surface area contributed by atoms with Crippen molar-refractivity contribution in [3.8, 4) is 0 Å². The summed E-state index contributed by atoms with van der Waals surface area (Å²) in [5.41, 5.74) is 0.180. The van der Waals surface area contributed by atoms with Crippen LogP contribution < -0.4 is 5.69 Å². The van der Waals surface area contributed by atoms with Gasteiger partial charge in [-0.3, -0.25) is 4.98 Å². The zero-order valence-electron chi connectivity index (χ0n) is 10.9. The molecule has 0 aromatic carbocycles. The molecule has 18 heavy (non-hydrogen) atoms. The minimum Gasteiger partial charge on any atom is -0.445 e. The second kappa shape index (κ2) is 6.38. The molecule has 0 amide bonds. The van der Waals surface area contributed by atoms with Gasteiger partial charge in [-0.05, 0) is 12.5 Å². The van der Waals surface area contributed by atoms with Gasteiger partial charge in [-0.25, -0.2) is 9.78 Å². The molecule has 4 nitrogen and oxygen atoms in total. The number of furan rings is 1. The Balaban J connectivity index is 1.83. The zero-order chi connectivity index (χ0) is 12.8. The fraction of sp³-hybridized carbons (Fsp3) is 0.571. The van der Waals surface area contributed by atoms with Crippen LogP contribution in [-0.4, -0.2) is 9.97 Å². The Bertz CT molecular complexity index is 542. The van der Waals surface area contributed by atoms with Crippen molar-refractivity contribution in [2.24, 2.45) is 0 Å². The van der Waals surface area contributed by atoms with Gasteiger partial charge in [0.15, 0.2) is 0 Å². The van der Waals surface area contributed by atoms with Gasteiger partial charge in [0.1, 0.15) is 5.76 Å². The smallest absolute Gasteiger partial charge is 0.347 e. The third-order valence-corrected chi connectivity index (χ3v) is 3.13. The molecule has 0 bridgehead atoms. The Labute approximate surface area is 106 Å². The molecule has 1 N–H and O–H groups in total. The van der Waals surface area contributed by atoms with Gasteiger partial charge in [-0.15, -0.1) is 0 Å². The maximum Gasteiger partial charge on any atom is 0.347 e. The van der Waals surface area contributed by atoms with Crippen molar-refractivity contribution >= 4 is 11.1 Å². The normalized spacial score (nSPS) is 11.2. The van der Waals surface area contributed by atoms with E-state index in [2.05, 4.69) is 16.9 Å². The molecule has 0 fully saturated rings. The molecule has 2 rings (SSSR count). The molecule has 0 atom stereocenters. The fourth-order valence-electron chi connectivity index (χ4n) is 2.11. The van der Waals surface area contributed by atoms with Crippen LogP contribution >= 0.6 is 0 Å². The van der Waals surface area contributed by atoms with Crippen LogP contribution in [0, 0.1) is 0 Å². The third kappa shape index (κ3) is 3.45. The number of aromatic amines is 1. The number of fused-ring (bicyclic) bond motifs is 1. The van der Waals surface area contributed by atoms with Gasteiger partial charge in [0.2, 0.25) is 5.71 Å². The molecule has 0 unspecified atom stereocenters. The lowest BCUT2D eigenvalue weighted by Gasteiger charge is -1.98. The number of aryl methyl sites for hydroxylation is 1. The lowest BCUT2D eigenvalue weighted by molar-refractivity contribution is 0.514. The van der Waals surface area contributed by atoms with E-state index in [-0.39, 0.29) is 5.69 Å². The number of aromatic nitrogens is 2. The van der Waals surface area contributed by atoms with Crippen molar-refractivity contribution < 1.29 is 4.42 Å². The van der Waals surface area contributed by atoms with Crippen LogP contribution in [0.5, 0.6) is 0 Å². The number of nitrogens with zero attached hydrogens (tertiary/aromatic N) is 1.